The van der Waals surface area contributed by atoms with Crippen LogP contribution in [-0.4, -0.2) is 40.2 Å². The Morgan fingerprint density at radius 2 is 1.77 bits per heavy atom. The zero-order valence-electron chi connectivity index (χ0n) is 12.6. The molecule has 0 unspecified atom stereocenters. The van der Waals surface area contributed by atoms with Crippen LogP contribution in [0.15, 0.2) is 30.3 Å². The zero-order chi connectivity index (χ0) is 15.9. The molecule has 0 aromatic heterocycles. The van der Waals surface area contributed by atoms with Crippen LogP contribution in [0.1, 0.15) is 43.6 Å². The van der Waals surface area contributed by atoms with Gasteiger partial charge in [-0.25, -0.2) is 0 Å². The van der Waals surface area contributed by atoms with Crippen LogP contribution in [0.4, 0.5) is 0 Å². The van der Waals surface area contributed by atoms with Crippen LogP contribution in [0.5, 0.6) is 0 Å². The summed E-state index contributed by atoms with van der Waals surface area (Å²) in [6.07, 6.45) is 4.03. The van der Waals surface area contributed by atoms with Gasteiger partial charge in [-0.3, -0.25) is 9.59 Å². The summed E-state index contributed by atoms with van der Waals surface area (Å²) in [5, 5.41) is 9.05. The molecule has 22 heavy (non-hydrogen) atoms. The van der Waals surface area contributed by atoms with E-state index in [1.807, 2.05) is 18.2 Å². The van der Waals surface area contributed by atoms with Gasteiger partial charge in [-0.2, -0.15) is 12.6 Å². The van der Waals surface area contributed by atoms with E-state index in [0.717, 1.165) is 25.7 Å². The molecule has 120 valence electrons. The van der Waals surface area contributed by atoms with Crippen LogP contribution in [0.25, 0.3) is 0 Å². The van der Waals surface area contributed by atoms with Gasteiger partial charge in [-0.05, 0) is 42.9 Å². The fourth-order valence-electron chi connectivity index (χ4n) is 3.25. The van der Waals surface area contributed by atoms with E-state index in [-0.39, 0.29) is 18.5 Å². The van der Waals surface area contributed by atoms with E-state index in [2.05, 4.69) is 24.8 Å². The molecule has 0 heterocycles. The topological polar surface area (TPSA) is 57.6 Å². The van der Waals surface area contributed by atoms with E-state index in [0.29, 0.717) is 18.1 Å². The Bertz CT molecular complexity index is 498. The molecule has 2 rings (SSSR count). The predicted molar refractivity (Wildman–Crippen MR) is 89.3 cm³/mol. The second-order valence-electron chi connectivity index (χ2n) is 5.81. The third-order valence-corrected chi connectivity index (χ3v) is 4.58. The minimum absolute atomic E-state index is 0.0449. The minimum Gasteiger partial charge on any atom is -0.480 e. The molecule has 5 heteroatoms. The number of nitrogens with zero attached hydrogens (tertiary/aromatic N) is 1. The monoisotopic (exact) mass is 321 g/mol. The first-order valence-corrected chi connectivity index (χ1v) is 8.42. The third-order valence-electron chi connectivity index (χ3n) is 4.36. The Morgan fingerprint density at radius 1 is 1.14 bits per heavy atom. The van der Waals surface area contributed by atoms with E-state index in [9.17, 15) is 9.59 Å². The summed E-state index contributed by atoms with van der Waals surface area (Å²) in [6, 6.07) is 10.4. The molecule has 1 aromatic carbocycles. The number of carbonyl (C=O) groups is 2. The van der Waals surface area contributed by atoms with Crippen LogP contribution in [0.2, 0.25) is 0 Å². The summed E-state index contributed by atoms with van der Waals surface area (Å²) in [4.78, 5) is 24.7. The lowest BCUT2D eigenvalue weighted by atomic mass is 9.81. The van der Waals surface area contributed by atoms with Crippen LogP contribution in [0, 0.1) is 0 Å². The number of carboxylic acids is 1. The van der Waals surface area contributed by atoms with Crippen molar-refractivity contribution < 1.29 is 14.7 Å². The number of benzene rings is 1. The number of thiol groups is 1. The van der Waals surface area contributed by atoms with Crippen LogP contribution in [-0.2, 0) is 9.59 Å². The van der Waals surface area contributed by atoms with Crippen molar-refractivity contribution in [2.24, 2.45) is 0 Å². The first-order chi connectivity index (χ1) is 10.6. The van der Waals surface area contributed by atoms with Crippen LogP contribution < -0.4 is 0 Å². The van der Waals surface area contributed by atoms with Crippen molar-refractivity contribution in [3.63, 3.8) is 0 Å². The first kappa shape index (κ1) is 16.9. The standard InChI is InChI=1S/C17H23NO3S/c19-16(10-11-22)18(12-17(20)21)15-8-6-14(7-9-15)13-4-2-1-3-5-13/h1-5,14-15,22H,6-12H2,(H,20,21)/t14-,15-. The number of hydrogen-bond acceptors (Lipinski definition) is 3. The summed E-state index contributed by atoms with van der Waals surface area (Å²) in [7, 11) is 0. The summed E-state index contributed by atoms with van der Waals surface area (Å²) in [5.41, 5.74) is 1.34. The fourth-order valence-corrected chi connectivity index (χ4v) is 3.44. The van der Waals surface area contributed by atoms with Crippen molar-refractivity contribution in [2.75, 3.05) is 12.3 Å². The lowest BCUT2D eigenvalue weighted by Gasteiger charge is -2.36. The van der Waals surface area contributed by atoms with E-state index in [1.54, 1.807) is 4.90 Å². The lowest BCUT2D eigenvalue weighted by molar-refractivity contribution is -0.146. The predicted octanol–water partition coefficient (Wildman–Crippen LogP) is 2.95. The van der Waals surface area contributed by atoms with Gasteiger partial charge in [0.05, 0.1) is 0 Å². The average molecular weight is 321 g/mol. The number of hydrogen-bond donors (Lipinski definition) is 2. The molecule has 1 saturated carbocycles. The smallest absolute Gasteiger partial charge is 0.323 e. The molecule has 0 spiro atoms. The van der Waals surface area contributed by atoms with Gasteiger partial charge in [0.25, 0.3) is 0 Å². The molecular weight excluding hydrogens is 298 g/mol. The number of aliphatic carboxylic acids is 1. The maximum absolute atomic E-state index is 12.1. The second kappa shape index (κ2) is 8.22. The van der Waals surface area contributed by atoms with E-state index in [4.69, 9.17) is 5.11 Å². The van der Waals surface area contributed by atoms with Crippen molar-refractivity contribution in [2.45, 2.75) is 44.1 Å². The van der Waals surface area contributed by atoms with Gasteiger partial charge in [-0.15, -0.1) is 0 Å². The maximum atomic E-state index is 12.1. The number of carbonyl (C=O) groups excluding carboxylic acids is 1. The van der Waals surface area contributed by atoms with Crippen molar-refractivity contribution in [1.82, 2.24) is 4.90 Å². The molecule has 1 aliphatic carbocycles. The Morgan fingerprint density at radius 3 is 2.32 bits per heavy atom. The van der Waals surface area contributed by atoms with Gasteiger partial charge in [0, 0.05) is 12.5 Å². The molecule has 1 amide bonds. The maximum Gasteiger partial charge on any atom is 0.323 e. The van der Waals surface area contributed by atoms with Crippen molar-refractivity contribution in [3.05, 3.63) is 35.9 Å². The van der Waals surface area contributed by atoms with E-state index < -0.39 is 5.97 Å². The summed E-state index contributed by atoms with van der Waals surface area (Å²) in [5.74, 6) is -0.0729. The molecule has 0 aliphatic heterocycles. The molecule has 0 bridgehead atoms. The summed E-state index contributed by atoms with van der Waals surface area (Å²) >= 11 is 4.08. The summed E-state index contributed by atoms with van der Waals surface area (Å²) in [6.45, 7) is -0.201. The SMILES string of the molecule is O=C(O)CN(C(=O)CCS)[C@H]1CC[C@H](c2ccccc2)CC1. The van der Waals surface area contributed by atoms with Crippen molar-refractivity contribution in [3.8, 4) is 0 Å². The van der Waals surface area contributed by atoms with E-state index >= 15 is 0 Å². The summed E-state index contributed by atoms with van der Waals surface area (Å²) < 4.78 is 0. The molecule has 0 saturated heterocycles. The van der Waals surface area contributed by atoms with Gasteiger partial charge in [0.2, 0.25) is 5.91 Å². The number of carboxylic acid groups (broad SMARTS) is 1. The van der Waals surface area contributed by atoms with Crippen molar-refractivity contribution >= 4 is 24.5 Å². The molecular formula is C17H23NO3S. The van der Waals surface area contributed by atoms with Crippen LogP contribution >= 0.6 is 12.6 Å². The van der Waals surface area contributed by atoms with E-state index in [1.165, 1.54) is 5.56 Å². The zero-order valence-corrected chi connectivity index (χ0v) is 13.5. The highest BCUT2D eigenvalue weighted by atomic mass is 32.1. The fraction of sp³-hybridized carbons (Fsp3) is 0.529. The largest absolute Gasteiger partial charge is 0.480 e. The Labute approximate surface area is 136 Å². The molecule has 1 aromatic rings. The van der Waals surface area contributed by atoms with Crippen molar-refractivity contribution in [1.29, 1.82) is 0 Å². The minimum atomic E-state index is -0.947. The highest BCUT2D eigenvalue weighted by molar-refractivity contribution is 7.80. The van der Waals surface area contributed by atoms with Gasteiger partial charge in [-0.1, -0.05) is 30.3 Å². The van der Waals surface area contributed by atoms with Crippen LogP contribution in [0.3, 0.4) is 0 Å². The molecule has 0 atom stereocenters. The van der Waals surface area contributed by atoms with Gasteiger partial charge in [0.15, 0.2) is 0 Å². The lowest BCUT2D eigenvalue weighted by Crippen LogP contribution is -2.45. The molecule has 4 nitrogen and oxygen atoms in total. The van der Waals surface area contributed by atoms with Gasteiger partial charge < -0.3 is 10.0 Å². The highest BCUT2D eigenvalue weighted by Gasteiger charge is 2.30. The molecule has 1 N–H and O–H groups in total. The molecule has 1 aliphatic rings. The number of amides is 1. The highest BCUT2D eigenvalue weighted by Crippen LogP contribution is 2.34. The Hall–Kier alpha value is -1.49. The molecule has 0 radical (unpaired) electrons. The van der Waals surface area contributed by atoms with Gasteiger partial charge >= 0.3 is 5.97 Å². The average Bonchev–Trinajstić information content (AvgIpc) is 2.54. The Kier molecular flexibility index (Phi) is 6.31. The third kappa shape index (κ3) is 4.50. The quantitative estimate of drug-likeness (QED) is 0.792. The normalized spacial score (nSPS) is 21.3. The van der Waals surface area contributed by atoms with Gasteiger partial charge in [0.1, 0.15) is 6.54 Å². The second-order valence-corrected chi connectivity index (χ2v) is 6.25. The first-order valence-electron chi connectivity index (χ1n) is 7.79. The number of rotatable bonds is 6. The Balaban J connectivity index is 1.97. The molecule has 1 fully saturated rings.